The molecule has 5 rings (SSSR count). The monoisotopic (exact) mass is 390 g/mol. The van der Waals surface area contributed by atoms with Gasteiger partial charge in [0.25, 0.3) is 5.91 Å². The second kappa shape index (κ2) is 7.22. The van der Waals surface area contributed by atoms with Gasteiger partial charge >= 0.3 is 0 Å². The molecule has 1 N–H and O–H groups in total. The summed E-state index contributed by atoms with van der Waals surface area (Å²) < 4.78 is 1.92. The molecular weight excluding hydrogens is 364 g/mol. The lowest BCUT2D eigenvalue weighted by Crippen LogP contribution is -2.48. The predicted molar refractivity (Wildman–Crippen MR) is 111 cm³/mol. The van der Waals surface area contributed by atoms with Crippen molar-refractivity contribution < 1.29 is 4.79 Å². The first kappa shape index (κ1) is 18.2. The Kier molecular flexibility index (Phi) is 4.54. The summed E-state index contributed by atoms with van der Waals surface area (Å²) in [5.41, 5.74) is 3.62. The zero-order valence-electron chi connectivity index (χ0n) is 16.9. The van der Waals surface area contributed by atoms with Crippen molar-refractivity contribution in [1.82, 2.24) is 30.0 Å². The second-order valence-electron chi connectivity index (χ2n) is 8.29. The van der Waals surface area contributed by atoms with Gasteiger partial charge in [-0.1, -0.05) is 6.07 Å². The van der Waals surface area contributed by atoms with Gasteiger partial charge in [0, 0.05) is 49.7 Å². The molecule has 7 nitrogen and oxygen atoms in total. The lowest BCUT2D eigenvalue weighted by molar-refractivity contribution is 0.0636. The topological polar surface area (TPSA) is 75.9 Å². The van der Waals surface area contributed by atoms with Crippen molar-refractivity contribution in [2.75, 3.05) is 19.6 Å². The van der Waals surface area contributed by atoms with Gasteiger partial charge in [-0.25, -0.2) is 9.67 Å². The summed E-state index contributed by atoms with van der Waals surface area (Å²) in [6.45, 7) is 6.37. The van der Waals surface area contributed by atoms with Crippen molar-refractivity contribution in [3.05, 3.63) is 53.6 Å². The van der Waals surface area contributed by atoms with Crippen molar-refractivity contribution in [2.24, 2.45) is 0 Å². The fraction of sp³-hybridized carbons (Fsp3) is 0.455. The van der Waals surface area contributed by atoms with Gasteiger partial charge in [0.05, 0.1) is 23.2 Å². The van der Waals surface area contributed by atoms with Crippen LogP contribution in [0.4, 0.5) is 0 Å². The molecule has 4 heterocycles. The molecule has 1 aliphatic carbocycles. The number of nitrogens with one attached hydrogen (secondary N) is 1. The molecule has 1 unspecified atom stereocenters. The van der Waals surface area contributed by atoms with Crippen LogP contribution in [-0.4, -0.2) is 50.2 Å². The van der Waals surface area contributed by atoms with E-state index in [1.54, 1.807) is 12.4 Å². The molecule has 0 bridgehead atoms. The highest BCUT2D eigenvalue weighted by atomic mass is 16.2. The van der Waals surface area contributed by atoms with E-state index < -0.39 is 0 Å². The predicted octanol–water partition coefficient (Wildman–Crippen LogP) is 3.07. The number of amides is 1. The first-order valence-corrected chi connectivity index (χ1v) is 10.4. The van der Waals surface area contributed by atoms with Crippen LogP contribution in [0.5, 0.6) is 0 Å². The van der Waals surface area contributed by atoms with E-state index in [-0.39, 0.29) is 18.0 Å². The van der Waals surface area contributed by atoms with Crippen LogP contribution < -0.4 is 5.32 Å². The maximum atomic E-state index is 13.8. The number of pyridine rings is 2. The highest BCUT2D eigenvalue weighted by Crippen LogP contribution is 2.40. The Morgan fingerprint density at radius 3 is 2.86 bits per heavy atom. The molecule has 2 fully saturated rings. The summed E-state index contributed by atoms with van der Waals surface area (Å²) in [5.74, 6) is 0.525. The largest absolute Gasteiger partial charge is 0.329 e. The van der Waals surface area contributed by atoms with Crippen molar-refractivity contribution in [2.45, 2.75) is 44.7 Å². The Bertz CT molecular complexity index is 1040. The second-order valence-corrected chi connectivity index (χ2v) is 8.29. The van der Waals surface area contributed by atoms with Crippen molar-refractivity contribution in [1.29, 1.82) is 0 Å². The minimum absolute atomic E-state index is 0.0299. The molecule has 0 spiro atoms. The van der Waals surface area contributed by atoms with Gasteiger partial charge in [0.15, 0.2) is 5.65 Å². The maximum Gasteiger partial charge on any atom is 0.255 e. The van der Waals surface area contributed by atoms with Gasteiger partial charge in [0.1, 0.15) is 0 Å². The number of hydrogen-bond donors (Lipinski definition) is 1. The molecule has 1 atom stereocenters. The van der Waals surface area contributed by atoms with E-state index in [1.807, 2.05) is 34.0 Å². The number of carbonyl (C=O) groups is 1. The number of carbonyl (C=O) groups excluding carboxylic acids is 1. The van der Waals surface area contributed by atoms with E-state index in [2.05, 4.69) is 29.2 Å². The molecule has 150 valence electrons. The Hall–Kier alpha value is -2.80. The average Bonchev–Trinajstić information content (AvgIpc) is 3.52. The number of fused-ring (bicyclic) bond motifs is 1. The minimum atomic E-state index is -0.0299. The fourth-order valence-corrected chi connectivity index (χ4v) is 4.15. The average molecular weight is 390 g/mol. The van der Waals surface area contributed by atoms with Crippen LogP contribution in [0.15, 0.2) is 36.8 Å². The lowest BCUT2D eigenvalue weighted by Gasteiger charge is -2.36. The molecular formula is C22H26N6O. The van der Waals surface area contributed by atoms with Gasteiger partial charge < -0.3 is 10.2 Å². The molecule has 1 saturated heterocycles. The lowest BCUT2D eigenvalue weighted by atomic mass is 10.0. The molecule has 0 aromatic carbocycles. The summed E-state index contributed by atoms with van der Waals surface area (Å²) in [4.78, 5) is 24.9. The smallest absolute Gasteiger partial charge is 0.255 e. The van der Waals surface area contributed by atoms with Crippen molar-refractivity contribution >= 4 is 16.9 Å². The quantitative estimate of drug-likeness (QED) is 0.741. The van der Waals surface area contributed by atoms with Crippen LogP contribution in [0.3, 0.4) is 0 Å². The summed E-state index contributed by atoms with van der Waals surface area (Å²) in [6.07, 6.45) is 7.71. The molecule has 3 aromatic rings. The number of rotatable bonds is 4. The standard InChI is InChI=1S/C22H26N6O/c1-14(2)28-21-18(12-25-28)17(10-19(26-21)15-5-6-15)22(29)27-9-8-24-13-20(27)16-4-3-7-23-11-16/h3-4,7,10-12,14-15,20,24H,5-6,8-9,13H2,1-2H3. The number of piperazine rings is 1. The maximum absolute atomic E-state index is 13.8. The van der Waals surface area contributed by atoms with Crippen molar-refractivity contribution in [3.8, 4) is 0 Å². The minimum Gasteiger partial charge on any atom is -0.329 e. The normalized spacial score (nSPS) is 19.8. The first-order chi connectivity index (χ1) is 14.1. The Morgan fingerprint density at radius 2 is 2.14 bits per heavy atom. The van der Waals surface area contributed by atoms with Crippen LogP contribution >= 0.6 is 0 Å². The van der Waals surface area contributed by atoms with E-state index in [4.69, 9.17) is 4.98 Å². The highest BCUT2D eigenvalue weighted by Gasteiger charge is 2.33. The zero-order chi connectivity index (χ0) is 20.0. The Balaban J connectivity index is 1.59. The SMILES string of the molecule is CC(C)n1ncc2c(C(=O)N3CCNCC3c3cccnc3)cc(C3CC3)nc21. The third-order valence-electron chi connectivity index (χ3n) is 5.88. The summed E-state index contributed by atoms with van der Waals surface area (Å²) >= 11 is 0. The Morgan fingerprint density at radius 1 is 1.28 bits per heavy atom. The van der Waals surface area contributed by atoms with Gasteiger partial charge in [-0.15, -0.1) is 0 Å². The van der Waals surface area contributed by atoms with E-state index >= 15 is 0 Å². The molecule has 1 aliphatic heterocycles. The van der Waals surface area contributed by atoms with E-state index in [1.165, 1.54) is 0 Å². The third kappa shape index (κ3) is 3.29. The van der Waals surface area contributed by atoms with Crippen LogP contribution in [-0.2, 0) is 0 Å². The van der Waals surface area contributed by atoms with Crippen LogP contribution in [0.2, 0.25) is 0 Å². The highest BCUT2D eigenvalue weighted by molar-refractivity contribution is 6.05. The van der Waals surface area contributed by atoms with Gasteiger partial charge in [-0.3, -0.25) is 9.78 Å². The van der Waals surface area contributed by atoms with Gasteiger partial charge in [-0.05, 0) is 44.4 Å². The van der Waals surface area contributed by atoms with Crippen molar-refractivity contribution in [3.63, 3.8) is 0 Å². The molecule has 7 heteroatoms. The number of aromatic nitrogens is 4. The molecule has 3 aromatic heterocycles. The van der Waals surface area contributed by atoms with E-state index in [9.17, 15) is 4.79 Å². The molecule has 29 heavy (non-hydrogen) atoms. The third-order valence-corrected chi connectivity index (χ3v) is 5.88. The van der Waals surface area contributed by atoms with Crippen LogP contribution in [0.1, 0.15) is 66.3 Å². The molecule has 0 radical (unpaired) electrons. The molecule has 1 saturated carbocycles. The van der Waals surface area contributed by atoms with Crippen LogP contribution in [0.25, 0.3) is 11.0 Å². The fourth-order valence-electron chi connectivity index (χ4n) is 4.15. The molecule has 2 aliphatic rings. The van der Waals surface area contributed by atoms with E-state index in [0.717, 1.165) is 53.8 Å². The number of nitrogens with zero attached hydrogens (tertiary/aromatic N) is 5. The van der Waals surface area contributed by atoms with Gasteiger partial charge in [-0.2, -0.15) is 5.10 Å². The first-order valence-electron chi connectivity index (χ1n) is 10.4. The molecule has 1 amide bonds. The summed E-state index contributed by atoms with van der Waals surface area (Å²) in [7, 11) is 0. The number of hydrogen-bond acceptors (Lipinski definition) is 5. The Labute approximate surface area is 170 Å². The summed E-state index contributed by atoms with van der Waals surface area (Å²) in [5, 5.41) is 8.80. The zero-order valence-corrected chi connectivity index (χ0v) is 16.9. The van der Waals surface area contributed by atoms with Crippen LogP contribution in [0, 0.1) is 0 Å². The van der Waals surface area contributed by atoms with Gasteiger partial charge in [0.2, 0.25) is 0 Å². The van der Waals surface area contributed by atoms with E-state index in [0.29, 0.717) is 12.5 Å². The summed E-state index contributed by atoms with van der Waals surface area (Å²) in [6, 6.07) is 6.14.